The lowest BCUT2D eigenvalue weighted by molar-refractivity contribution is -0.132. The number of likely N-dealkylation sites (tertiary alicyclic amines) is 1. The first-order chi connectivity index (χ1) is 15.2. The molecule has 0 atom stereocenters. The van der Waals surface area contributed by atoms with Gasteiger partial charge in [0.1, 0.15) is 11.4 Å². The van der Waals surface area contributed by atoms with Crippen molar-refractivity contribution in [2.45, 2.75) is 25.8 Å². The molecule has 1 aliphatic rings. The molecule has 1 amide bonds. The van der Waals surface area contributed by atoms with Gasteiger partial charge in [0, 0.05) is 24.0 Å². The number of thiophene rings is 1. The van der Waals surface area contributed by atoms with Gasteiger partial charge in [-0.3, -0.25) is 14.2 Å². The van der Waals surface area contributed by atoms with E-state index in [2.05, 4.69) is 29.2 Å². The van der Waals surface area contributed by atoms with Gasteiger partial charge in [-0.1, -0.05) is 54.6 Å². The van der Waals surface area contributed by atoms with Gasteiger partial charge in [-0.2, -0.15) is 0 Å². The Morgan fingerprint density at radius 3 is 2.32 bits per heavy atom. The summed E-state index contributed by atoms with van der Waals surface area (Å²) in [4.78, 5) is 32.9. The van der Waals surface area contributed by atoms with Gasteiger partial charge in [0.25, 0.3) is 5.56 Å². The highest BCUT2D eigenvalue weighted by Crippen LogP contribution is 2.32. The van der Waals surface area contributed by atoms with E-state index in [0.717, 1.165) is 48.2 Å². The van der Waals surface area contributed by atoms with Gasteiger partial charge in [-0.15, -0.1) is 11.3 Å². The first kappa shape index (κ1) is 19.7. The van der Waals surface area contributed by atoms with Crippen LogP contribution in [0.3, 0.4) is 0 Å². The molecule has 2 aromatic heterocycles. The lowest BCUT2D eigenvalue weighted by Crippen LogP contribution is -2.39. The Morgan fingerprint density at radius 1 is 0.903 bits per heavy atom. The molecule has 1 saturated heterocycles. The molecule has 0 bridgehead atoms. The van der Waals surface area contributed by atoms with E-state index >= 15 is 0 Å². The van der Waals surface area contributed by atoms with E-state index in [9.17, 15) is 9.59 Å². The highest BCUT2D eigenvalue weighted by atomic mass is 32.1. The van der Waals surface area contributed by atoms with Crippen LogP contribution < -0.4 is 5.56 Å². The Labute approximate surface area is 184 Å². The summed E-state index contributed by atoms with van der Waals surface area (Å²) in [6, 6.07) is 18.4. The van der Waals surface area contributed by atoms with E-state index in [1.54, 1.807) is 0 Å². The highest BCUT2D eigenvalue weighted by Gasteiger charge is 2.19. The zero-order valence-electron chi connectivity index (χ0n) is 17.2. The molecule has 1 aliphatic heterocycles. The van der Waals surface area contributed by atoms with Crippen molar-refractivity contribution in [3.05, 3.63) is 76.7 Å². The van der Waals surface area contributed by atoms with Crippen LogP contribution in [0.1, 0.15) is 19.3 Å². The molecule has 4 aromatic rings. The smallest absolute Gasteiger partial charge is 0.263 e. The molecule has 5 nitrogen and oxygen atoms in total. The number of carbonyl (C=O) groups excluding carboxylic acids is 1. The molecule has 0 unspecified atom stereocenters. The number of carbonyl (C=O) groups is 1. The molecular formula is C25H23N3O2S. The third-order valence-electron chi connectivity index (χ3n) is 5.88. The predicted molar refractivity (Wildman–Crippen MR) is 125 cm³/mol. The Morgan fingerprint density at radius 2 is 1.58 bits per heavy atom. The molecule has 0 radical (unpaired) electrons. The zero-order chi connectivity index (χ0) is 21.2. The highest BCUT2D eigenvalue weighted by molar-refractivity contribution is 7.17. The van der Waals surface area contributed by atoms with Crippen molar-refractivity contribution < 1.29 is 4.79 Å². The van der Waals surface area contributed by atoms with Crippen LogP contribution in [-0.2, 0) is 11.3 Å². The second kappa shape index (κ2) is 8.47. The number of nitrogens with zero attached hydrogens (tertiary/aromatic N) is 3. The van der Waals surface area contributed by atoms with Crippen molar-refractivity contribution in [1.29, 1.82) is 0 Å². The van der Waals surface area contributed by atoms with Crippen LogP contribution in [0.25, 0.3) is 32.5 Å². The number of amides is 1. The van der Waals surface area contributed by atoms with Crippen molar-refractivity contribution in [2.24, 2.45) is 0 Å². The van der Waals surface area contributed by atoms with Crippen LogP contribution in [0.15, 0.2) is 71.1 Å². The summed E-state index contributed by atoms with van der Waals surface area (Å²) in [6.07, 6.45) is 4.74. The molecule has 31 heavy (non-hydrogen) atoms. The normalized spacial score (nSPS) is 14.1. The maximum absolute atomic E-state index is 13.2. The van der Waals surface area contributed by atoms with Crippen LogP contribution in [0.2, 0.25) is 0 Å². The number of hydrogen-bond donors (Lipinski definition) is 0. The van der Waals surface area contributed by atoms with E-state index in [1.165, 1.54) is 28.7 Å². The summed E-state index contributed by atoms with van der Waals surface area (Å²) in [5.41, 5.74) is 3.98. The van der Waals surface area contributed by atoms with Gasteiger partial charge in [-0.05, 0) is 36.0 Å². The van der Waals surface area contributed by atoms with E-state index in [-0.39, 0.29) is 18.0 Å². The molecule has 1 fully saturated rings. The SMILES string of the molecule is O=C(Cn1cnc2scc(-c3ccc(-c4ccccc4)cc3)c2c1=O)N1CCCCC1. The lowest BCUT2D eigenvalue weighted by atomic mass is 10.0. The molecule has 0 spiro atoms. The first-order valence-electron chi connectivity index (χ1n) is 10.6. The number of aromatic nitrogens is 2. The van der Waals surface area contributed by atoms with Crippen LogP contribution in [0, 0.1) is 0 Å². The average molecular weight is 430 g/mol. The fraction of sp³-hybridized carbons (Fsp3) is 0.240. The largest absolute Gasteiger partial charge is 0.341 e. The maximum Gasteiger partial charge on any atom is 0.263 e. The summed E-state index contributed by atoms with van der Waals surface area (Å²) in [6.45, 7) is 1.60. The minimum Gasteiger partial charge on any atom is -0.341 e. The first-order valence-corrected chi connectivity index (χ1v) is 11.5. The monoisotopic (exact) mass is 429 g/mol. The molecule has 0 saturated carbocycles. The Kier molecular flexibility index (Phi) is 5.38. The molecule has 3 heterocycles. The number of hydrogen-bond acceptors (Lipinski definition) is 4. The number of fused-ring (bicyclic) bond motifs is 1. The van der Waals surface area contributed by atoms with E-state index in [1.807, 2.05) is 40.6 Å². The van der Waals surface area contributed by atoms with Crippen molar-refractivity contribution in [3.8, 4) is 22.3 Å². The Bertz CT molecular complexity index is 1270. The van der Waals surface area contributed by atoms with Gasteiger partial charge in [0.05, 0.1) is 11.7 Å². The van der Waals surface area contributed by atoms with Crippen LogP contribution >= 0.6 is 11.3 Å². The summed E-state index contributed by atoms with van der Waals surface area (Å²) in [7, 11) is 0. The number of rotatable bonds is 4. The molecular weight excluding hydrogens is 406 g/mol. The fourth-order valence-corrected chi connectivity index (χ4v) is 5.06. The third kappa shape index (κ3) is 3.91. The fourth-order valence-electron chi connectivity index (χ4n) is 4.15. The summed E-state index contributed by atoms with van der Waals surface area (Å²) < 4.78 is 1.45. The standard InChI is InChI=1S/C25H23N3O2S/c29-22(27-13-5-2-6-14-27)15-28-17-26-24-23(25(28)30)21(16-31-24)20-11-9-19(10-12-20)18-7-3-1-4-8-18/h1,3-4,7-12,16-17H,2,5-6,13-15H2. The molecule has 0 N–H and O–H groups in total. The van der Waals surface area contributed by atoms with E-state index < -0.39 is 0 Å². The van der Waals surface area contributed by atoms with Gasteiger partial charge < -0.3 is 4.90 Å². The van der Waals surface area contributed by atoms with E-state index in [0.29, 0.717) is 10.2 Å². The molecule has 6 heteroatoms. The second-order valence-corrected chi connectivity index (χ2v) is 8.75. The molecule has 0 aliphatic carbocycles. The summed E-state index contributed by atoms with van der Waals surface area (Å²) >= 11 is 1.46. The van der Waals surface area contributed by atoms with Crippen LogP contribution in [0.5, 0.6) is 0 Å². The Hall–Kier alpha value is -3.25. The van der Waals surface area contributed by atoms with Gasteiger partial charge in [-0.25, -0.2) is 4.98 Å². The lowest BCUT2D eigenvalue weighted by Gasteiger charge is -2.26. The van der Waals surface area contributed by atoms with Crippen molar-refractivity contribution >= 4 is 27.5 Å². The van der Waals surface area contributed by atoms with Crippen molar-refractivity contribution in [1.82, 2.24) is 14.5 Å². The van der Waals surface area contributed by atoms with Crippen molar-refractivity contribution in [3.63, 3.8) is 0 Å². The third-order valence-corrected chi connectivity index (χ3v) is 6.76. The van der Waals surface area contributed by atoms with Crippen LogP contribution in [-0.4, -0.2) is 33.4 Å². The average Bonchev–Trinajstić information content (AvgIpc) is 3.27. The number of piperidine rings is 1. The Balaban J connectivity index is 1.47. The summed E-state index contributed by atoms with van der Waals surface area (Å²) in [5, 5.41) is 2.57. The van der Waals surface area contributed by atoms with Gasteiger partial charge in [0.15, 0.2) is 0 Å². The maximum atomic E-state index is 13.2. The quantitative estimate of drug-likeness (QED) is 0.468. The molecule has 2 aromatic carbocycles. The van der Waals surface area contributed by atoms with Crippen LogP contribution in [0.4, 0.5) is 0 Å². The minimum absolute atomic E-state index is 0.00746. The second-order valence-electron chi connectivity index (χ2n) is 7.89. The molecule has 156 valence electrons. The molecule has 5 rings (SSSR count). The summed E-state index contributed by atoms with van der Waals surface area (Å²) in [5.74, 6) is -0.00746. The van der Waals surface area contributed by atoms with Gasteiger partial charge in [0.2, 0.25) is 5.91 Å². The van der Waals surface area contributed by atoms with Gasteiger partial charge >= 0.3 is 0 Å². The minimum atomic E-state index is -0.154. The van der Waals surface area contributed by atoms with E-state index in [4.69, 9.17) is 0 Å². The number of benzene rings is 2. The van der Waals surface area contributed by atoms with Crippen molar-refractivity contribution in [2.75, 3.05) is 13.1 Å². The topological polar surface area (TPSA) is 55.2 Å². The zero-order valence-corrected chi connectivity index (χ0v) is 18.0. The predicted octanol–water partition coefficient (Wildman–Crippen LogP) is 4.80.